The topological polar surface area (TPSA) is 111 Å². The lowest BCUT2D eigenvalue weighted by molar-refractivity contribution is -0.777. The number of ether oxygens (including phenoxy) is 2. The molecule has 4 bridgehead atoms. The van der Waals surface area contributed by atoms with Gasteiger partial charge in [0, 0.05) is 5.41 Å². The number of halogens is 2. The van der Waals surface area contributed by atoms with Crippen LogP contribution in [-0.4, -0.2) is 36.2 Å². The molecule has 0 N–H and O–H groups in total. The van der Waals surface area contributed by atoms with Gasteiger partial charge in [-0.1, -0.05) is 0 Å². The second-order valence-corrected chi connectivity index (χ2v) is 8.92. The molecule has 0 aromatic rings. The minimum Gasteiger partial charge on any atom is -0.691 e. The Hall–Kier alpha value is -1.30. The van der Waals surface area contributed by atoms with Gasteiger partial charge in [0.15, 0.2) is 12.4 Å². The fraction of sp³-hybridized carbons (Fsp3) is 0.824. The Morgan fingerprint density at radius 3 is 2.14 bits per heavy atom. The molecule has 4 fully saturated rings. The van der Waals surface area contributed by atoms with E-state index in [1.54, 1.807) is 0 Å². The van der Waals surface area contributed by atoms with Crippen LogP contribution in [0.25, 0.3) is 0 Å². The summed E-state index contributed by atoms with van der Waals surface area (Å²) in [5, 5.41) is 8.00. The molecule has 0 aromatic heterocycles. The van der Waals surface area contributed by atoms with Crippen molar-refractivity contribution in [2.75, 3.05) is 13.2 Å². The van der Waals surface area contributed by atoms with Crippen LogP contribution in [-0.2, 0) is 33.2 Å². The Morgan fingerprint density at radius 1 is 1.04 bits per heavy atom. The van der Waals surface area contributed by atoms with Crippen molar-refractivity contribution >= 4 is 29.8 Å². The van der Waals surface area contributed by atoms with Gasteiger partial charge in [-0.3, -0.25) is 14.6 Å². The van der Waals surface area contributed by atoms with E-state index in [1.807, 2.05) is 0 Å². The van der Waals surface area contributed by atoms with E-state index in [1.165, 1.54) is 19.3 Å². The molecule has 4 aliphatic rings. The van der Waals surface area contributed by atoms with Gasteiger partial charge in [0.05, 0.1) is 6.61 Å². The second kappa shape index (κ2) is 8.60. The number of ketones is 1. The van der Waals surface area contributed by atoms with Crippen LogP contribution in [0.4, 0.5) is 8.78 Å². The summed E-state index contributed by atoms with van der Waals surface area (Å²) < 4.78 is 39.1. The first-order chi connectivity index (χ1) is 13.2. The molecule has 0 aliphatic heterocycles. The maximum atomic E-state index is 13.1. The Bertz CT molecular complexity index is 591. The van der Waals surface area contributed by atoms with Crippen LogP contribution in [0.2, 0.25) is 0 Å². The highest BCUT2D eigenvalue weighted by molar-refractivity contribution is 7.96. The van der Waals surface area contributed by atoms with E-state index in [0.717, 1.165) is 19.3 Å². The van der Waals surface area contributed by atoms with Gasteiger partial charge in [-0.15, -0.1) is 0 Å². The predicted molar refractivity (Wildman–Crippen MR) is 86.9 cm³/mol. The van der Waals surface area contributed by atoms with E-state index in [9.17, 15) is 28.4 Å². The van der Waals surface area contributed by atoms with E-state index in [0.29, 0.717) is 17.8 Å². The molecule has 4 rings (SSSR count). The van der Waals surface area contributed by atoms with Gasteiger partial charge < -0.3 is 14.7 Å². The monoisotopic (exact) mass is 423 g/mol. The van der Waals surface area contributed by atoms with Crippen LogP contribution in [0.1, 0.15) is 44.9 Å². The number of alkyl halides is 2. The third kappa shape index (κ3) is 5.19. The number of carbonyl (C=O) groups excluding carboxylic acids is 3. The third-order valence-electron chi connectivity index (χ3n) is 5.81. The van der Waals surface area contributed by atoms with Gasteiger partial charge >= 0.3 is 17.2 Å². The summed E-state index contributed by atoms with van der Waals surface area (Å²) in [6, 6.07) is 0. The summed E-state index contributed by atoms with van der Waals surface area (Å²) in [5.74, 6) is -1.64. The predicted octanol–water partition coefficient (Wildman–Crippen LogP) is 1.71. The van der Waals surface area contributed by atoms with Crippen LogP contribution < -0.4 is 5.26 Å². The highest BCUT2D eigenvalue weighted by atomic mass is 32.2. The minimum atomic E-state index is -4.23. The molecule has 4 saturated carbocycles. The normalized spacial score (nSPS) is 30.9. The minimum absolute atomic E-state index is 0.00282. The molecule has 0 unspecified atom stereocenters. The fourth-order valence-electron chi connectivity index (χ4n) is 5.28. The molecule has 0 spiro atoms. The molecule has 158 valence electrons. The van der Waals surface area contributed by atoms with Crippen molar-refractivity contribution in [3.8, 4) is 0 Å². The quantitative estimate of drug-likeness (QED) is 0.170. The number of Topliss-reactive ketones (excluding diaryl/α,β-unsaturated/α-hetero) is 1. The van der Waals surface area contributed by atoms with Crippen molar-refractivity contribution in [3.63, 3.8) is 0 Å². The number of hydrogen-bond donors (Lipinski definition) is 0. The highest BCUT2D eigenvalue weighted by Gasteiger charge is 2.51. The molecule has 4 aliphatic carbocycles. The lowest BCUT2D eigenvalue weighted by Gasteiger charge is -2.56. The zero-order chi connectivity index (χ0) is 20.4. The zero-order valence-corrected chi connectivity index (χ0v) is 15.8. The fourth-order valence-corrected chi connectivity index (χ4v) is 5.52. The van der Waals surface area contributed by atoms with Gasteiger partial charge in [-0.2, -0.15) is 13.1 Å². The Kier molecular flexibility index (Phi) is 6.58. The van der Waals surface area contributed by atoms with Crippen LogP contribution >= 0.6 is 12.0 Å². The Morgan fingerprint density at radius 2 is 1.61 bits per heavy atom. The first kappa shape index (κ1) is 21.4. The highest BCUT2D eigenvalue weighted by Crippen LogP contribution is 2.60. The number of carbonyl (C=O) groups is 3. The van der Waals surface area contributed by atoms with Gasteiger partial charge in [-0.25, -0.2) is 4.79 Å². The standard InChI is InChI=1S/C17H22F2O8S/c18-17(19,28-27-26-23)15(22)24-8-13(20)4-14(21)25-9-16-5-10-1-11(6-16)3-12(2-10)7-16/h10-12,23H,1-9H2/p-1. The summed E-state index contributed by atoms with van der Waals surface area (Å²) in [6.07, 6.45) is 6.22. The van der Waals surface area contributed by atoms with Crippen LogP contribution in [0.15, 0.2) is 0 Å². The van der Waals surface area contributed by atoms with Gasteiger partial charge in [0.25, 0.3) is 0 Å². The maximum Gasteiger partial charge on any atom is 0.415 e. The molecule has 8 nitrogen and oxygen atoms in total. The largest absolute Gasteiger partial charge is 0.691 e. The van der Waals surface area contributed by atoms with E-state index in [4.69, 9.17) is 4.74 Å². The van der Waals surface area contributed by atoms with Crippen molar-refractivity contribution < 1.29 is 47.3 Å². The molecule has 0 atom stereocenters. The lowest BCUT2D eigenvalue weighted by atomic mass is 9.50. The molecular weight excluding hydrogens is 402 g/mol. The smallest absolute Gasteiger partial charge is 0.415 e. The molecule has 0 amide bonds. The maximum absolute atomic E-state index is 13.1. The number of hydrogen-bond acceptors (Lipinski definition) is 9. The SMILES string of the molecule is O=C(COC(=O)C(F)(F)SOO[O-])CC(=O)OCC12CC3CC(CC(C3)C1)C2. The number of rotatable bonds is 10. The third-order valence-corrected chi connectivity index (χ3v) is 6.31. The van der Waals surface area contributed by atoms with Crippen molar-refractivity contribution in [1.82, 2.24) is 0 Å². The van der Waals surface area contributed by atoms with Crippen LogP contribution in [0.5, 0.6) is 0 Å². The molecule has 28 heavy (non-hydrogen) atoms. The second-order valence-electron chi connectivity index (χ2n) is 8.11. The Balaban J connectivity index is 1.38. The summed E-state index contributed by atoms with van der Waals surface area (Å²) in [5.41, 5.74) is 0.00282. The Labute approximate surface area is 164 Å². The summed E-state index contributed by atoms with van der Waals surface area (Å²) in [6.45, 7) is -0.747. The van der Waals surface area contributed by atoms with E-state index < -0.39 is 48.0 Å². The van der Waals surface area contributed by atoms with E-state index in [2.05, 4.69) is 14.1 Å². The average Bonchev–Trinajstić information content (AvgIpc) is 2.62. The summed E-state index contributed by atoms with van der Waals surface area (Å²) in [7, 11) is 0. The lowest BCUT2D eigenvalue weighted by Crippen LogP contribution is -2.48. The summed E-state index contributed by atoms with van der Waals surface area (Å²) >= 11 is -0.858. The molecular formula is C17H21F2O8S-. The van der Waals surface area contributed by atoms with Crippen molar-refractivity contribution in [2.24, 2.45) is 23.2 Å². The van der Waals surface area contributed by atoms with Crippen molar-refractivity contribution in [1.29, 1.82) is 0 Å². The molecule has 0 saturated heterocycles. The number of esters is 2. The van der Waals surface area contributed by atoms with Crippen LogP contribution in [0, 0.1) is 23.2 Å². The molecule has 11 heteroatoms. The van der Waals surface area contributed by atoms with Gasteiger partial charge in [0.1, 0.15) is 18.5 Å². The van der Waals surface area contributed by atoms with E-state index in [-0.39, 0.29) is 12.0 Å². The first-order valence-electron chi connectivity index (χ1n) is 9.08. The van der Waals surface area contributed by atoms with Crippen molar-refractivity contribution in [3.05, 3.63) is 0 Å². The zero-order valence-electron chi connectivity index (χ0n) is 15.0. The average molecular weight is 423 g/mol. The van der Waals surface area contributed by atoms with E-state index >= 15 is 0 Å². The van der Waals surface area contributed by atoms with Crippen molar-refractivity contribution in [2.45, 2.75) is 50.2 Å². The van der Waals surface area contributed by atoms with Crippen LogP contribution in [0.3, 0.4) is 0 Å². The summed E-state index contributed by atoms with van der Waals surface area (Å²) in [4.78, 5) is 34.8. The molecule has 0 heterocycles. The molecule has 0 aromatic carbocycles. The van der Waals surface area contributed by atoms with Gasteiger partial charge in [-0.05, 0) is 56.3 Å². The molecule has 0 radical (unpaired) electrons. The first-order valence-corrected chi connectivity index (χ1v) is 9.82. The van der Waals surface area contributed by atoms with Gasteiger partial charge in [0.2, 0.25) is 0 Å².